The number of alkyl halides is 3. The third kappa shape index (κ3) is 6.76. The molecular weight excluding hydrogens is 586 g/mol. The quantitative estimate of drug-likeness (QED) is 0.279. The van der Waals surface area contributed by atoms with E-state index in [1.807, 2.05) is 0 Å². The summed E-state index contributed by atoms with van der Waals surface area (Å²) in [6.45, 7) is 2.06. The SMILES string of the molecule is CCOC(=O)C1CCC(Oc2cc(C(=O)NC3C4CCC(C4)C3C(=O)Nc3ccc(C(F)(F)F)cn3)c(OC)cc2F)CC1. The van der Waals surface area contributed by atoms with Crippen LogP contribution in [0.4, 0.5) is 23.4 Å². The van der Waals surface area contributed by atoms with Gasteiger partial charge in [-0.15, -0.1) is 0 Å². The number of nitrogens with one attached hydrogen (secondary N) is 2. The molecule has 1 aromatic carbocycles. The zero-order chi connectivity index (χ0) is 31.6. The molecule has 4 unspecified atom stereocenters. The summed E-state index contributed by atoms with van der Waals surface area (Å²) >= 11 is 0. The molecule has 2 bridgehead atoms. The second-order valence-electron chi connectivity index (χ2n) is 11.6. The van der Waals surface area contributed by atoms with Crippen LogP contribution >= 0.6 is 0 Å². The van der Waals surface area contributed by atoms with Gasteiger partial charge in [-0.05, 0) is 81.9 Å². The van der Waals surface area contributed by atoms with Crippen molar-refractivity contribution in [1.82, 2.24) is 10.3 Å². The van der Waals surface area contributed by atoms with Crippen LogP contribution < -0.4 is 20.1 Å². The van der Waals surface area contributed by atoms with Crippen LogP contribution in [0.25, 0.3) is 0 Å². The molecule has 1 heterocycles. The molecule has 44 heavy (non-hydrogen) atoms. The summed E-state index contributed by atoms with van der Waals surface area (Å²) in [7, 11) is 1.31. The molecule has 1 aromatic heterocycles. The molecule has 3 aliphatic carbocycles. The maximum Gasteiger partial charge on any atom is 0.417 e. The summed E-state index contributed by atoms with van der Waals surface area (Å²) < 4.78 is 70.0. The van der Waals surface area contributed by atoms with Gasteiger partial charge in [0.25, 0.3) is 5.91 Å². The van der Waals surface area contributed by atoms with Gasteiger partial charge in [0, 0.05) is 18.3 Å². The van der Waals surface area contributed by atoms with Gasteiger partial charge in [0.05, 0.1) is 42.8 Å². The zero-order valence-corrected chi connectivity index (χ0v) is 24.4. The molecule has 0 aliphatic heterocycles. The number of carbonyl (C=O) groups excluding carboxylic acids is 3. The number of halogens is 4. The molecule has 3 fully saturated rings. The van der Waals surface area contributed by atoms with E-state index in [-0.39, 0.29) is 52.7 Å². The van der Waals surface area contributed by atoms with E-state index in [9.17, 15) is 27.6 Å². The molecule has 3 saturated carbocycles. The zero-order valence-electron chi connectivity index (χ0n) is 24.4. The number of pyridine rings is 1. The van der Waals surface area contributed by atoms with Gasteiger partial charge in [-0.25, -0.2) is 9.37 Å². The first-order valence-electron chi connectivity index (χ1n) is 14.8. The van der Waals surface area contributed by atoms with Crippen molar-refractivity contribution in [3.8, 4) is 11.5 Å². The minimum absolute atomic E-state index is 0.00326. The van der Waals surface area contributed by atoms with Crippen molar-refractivity contribution < 1.29 is 46.2 Å². The van der Waals surface area contributed by atoms with Crippen molar-refractivity contribution in [2.24, 2.45) is 23.7 Å². The van der Waals surface area contributed by atoms with E-state index >= 15 is 4.39 Å². The molecule has 0 saturated heterocycles. The van der Waals surface area contributed by atoms with Crippen molar-refractivity contribution in [2.45, 2.75) is 70.2 Å². The topological polar surface area (TPSA) is 116 Å². The Labute approximate surface area is 252 Å². The Bertz CT molecular complexity index is 1380. The van der Waals surface area contributed by atoms with E-state index in [2.05, 4.69) is 15.6 Å². The molecule has 0 radical (unpaired) electrons. The lowest BCUT2D eigenvalue weighted by atomic mass is 9.83. The number of aromatic nitrogens is 1. The maximum absolute atomic E-state index is 15.0. The summed E-state index contributed by atoms with van der Waals surface area (Å²) in [4.78, 5) is 42.7. The fourth-order valence-corrected chi connectivity index (χ4v) is 6.78. The number of methoxy groups -OCH3 is 1. The number of fused-ring (bicyclic) bond motifs is 2. The van der Waals surface area contributed by atoms with Crippen LogP contribution in [0.5, 0.6) is 11.5 Å². The van der Waals surface area contributed by atoms with Gasteiger partial charge in [-0.3, -0.25) is 14.4 Å². The highest BCUT2D eigenvalue weighted by atomic mass is 19.4. The van der Waals surface area contributed by atoms with Crippen LogP contribution in [0.3, 0.4) is 0 Å². The van der Waals surface area contributed by atoms with E-state index in [0.717, 1.165) is 31.0 Å². The Morgan fingerprint density at radius 1 is 1.00 bits per heavy atom. The van der Waals surface area contributed by atoms with Crippen molar-refractivity contribution in [3.05, 3.63) is 47.4 Å². The highest BCUT2D eigenvalue weighted by molar-refractivity contribution is 5.99. The smallest absolute Gasteiger partial charge is 0.417 e. The number of ether oxygens (including phenoxy) is 3. The third-order valence-corrected chi connectivity index (χ3v) is 8.95. The Balaban J connectivity index is 1.27. The first-order chi connectivity index (χ1) is 21.0. The molecule has 0 spiro atoms. The second kappa shape index (κ2) is 13.0. The molecule has 5 rings (SSSR count). The first kappa shape index (κ1) is 31.5. The van der Waals surface area contributed by atoms with Crippen LogP contribution in [0.2, 0.25) is 0 Å². The molecule has 2 N–H and O–H groups in total. The normalized spacial score (nSPS) is 26.1. The van der Waals surface area contributed by atoms with Gasteiger partial charge >= 0.3 is 12.1 Å². The first-order valence-corrected chi connectivity index (χ1v) is 14.8. The minimum atomic E-state index is -4.55. The predicted octanol–water partition coefficient (Wildman–Crippen LogP) is 5.53. The molecule has 4 atom stereocenters. The van der Waals surface area contributed by atoms with Crippen molar-refractivity contribution in [1.29, 1.82) is 0 Å². The average Bonchev–Trinajstić information content (AvgIpc) is 3.60. The van der Waals surface area contributed by atoms with Crippen LogP contribution in [-0.2, 0) is 20.5 Å². The fraction of sp³-hybridized carbons (Fsp3) is 0.548. The Kier molecular flexibility index (Phi) is 9.31. The van der Waals surface area contributed by atoms with Gasteiger partial charge in [-0.1, -0.05) is 0 Å². The average molecular weight is 622 g/mol. The van der Waals surface area contributed by atoms with Crippen LogP contribution in [0.1, 0.15) is 67.8 Å². The Morgan fingerprint density at radius 3 is 2.36 bits per heavy atom. The number of anilines is 1. The summed E-state index contributed by atoms with van der Waals surface area (Å²) in [5, 5.41) is 5.55. The van der Waals surface area contributed by atoms with Gasteiger partial charge in [-0.2, -0.15) is 13.2 Å². The molecular formula is C31H35F4N3O6. The van der Waals surface area contributed by atoms with Crippen molar-refractivity contribution in [2.75, 3.05) is 19.0 Å². The summed E-state index contributed by atoms with van der Waals surface area (Å²) in [6.07, 6.45) is 0.192. The number of nitrogens with zero attached hydrogens (tertiary/aromatic N) is 1. The minimum Gasteiger partial charge on any atom is -0.496 e. The lowest BCUT2D eigenvalue weighted by Gasteiger charge is -2.31. The third-order valence-electron chi connectivity index (χ3n) is 8.95. The Hall–Kier alpha value is -3.90. The number of hydrogen-bond donors (Lipinski definition) is 2. The number of benzene rings is 1. The monoisotopic (exact) mass is 621 g/mol. The van der Waals surface area contributed by atoms with Crippen molar-refractivity contribution >= 4 is 23.6 Å². The standard InChI is InChI=1S/C31H35F4N3O6/c1-3-43-30(41)16-6-9-20(10-7-16)44-24-13-21(23(42-2)14-22(24)32)28(39)38-27-18-5-4-17(12-18)26(27)29(40)37-25-11-8-19(15-36-25)31(33,34)35/h8,11,13-18,20,26-27H,3-7,9-10,12H2,1-2H3,(H,38,39)(H,36,37,40). The maximum atomic E-state index is 15.0. The highest BCUT2D eigenvalue weighted by Crippen LogP contribution is 2.49. The van der Waals surface area contributed by atoms with E-state index in [1.165, 1.54) is 13.2 Å². The predicted molar refractivity (Wildman–Crippen MR) is 149 cm³/mol. The lowest BCUT2D eigenvalue weighted by molar-refractivity contribution is -0.149. The summed E-state index contributed by atoms with van der Waals surface area (Å²) in [5.41, 5.74) is -0.892. The number of esters is 1. The van der Waals surface area contributed by atoms with Gasteiger partial charge in [0.2, 0.25) is 5.91 Å². The van der Waals surface area contributed by atoms with E-state index in [1.54, 1.807) is 6.92 Å². The molecule has 2 aromatic rings. The van der Waals surface area contributed by atoms with Crippen LogP contribution in [0, 0.1) is 29.5 Å². The van der Waals surface area contributed by atoms with E-state index < -0.39 is 41.3 Å². The highest BCUT2D eigenvalue weighted by Gasteiger charge is 2.51. The molecule has 2 amide bonds. The van der Waals surface area contributed by atoms with E-state index in [0.29, 0.717) is 44.9 Å². The van der Waals surface area contributed by atoms with Gasteiger partial charge in [0.15, 0.2) is 11.6 Å². The fourth-order valence-electron chi connectivity index (χ4n) is 6.78. The Morgan fingerprint density at radius 2 is 1.73 bits per heavy atom. The van der Waals surface area contributed by atoms with Gasteiger partial charge < -0.3 is 24.8 Å². The lowest BCUT2D eigenvalue weighted by Crippen LogP contribution is -2.48. The van der Waals surface area contributed by atoms with Crippen molar-refractivity contribution in [3.63, 3.8) is 0 Å². The number of amides is 2. The van der Waals surface area contributed by atoms with Gasteiger partial charge in [0.1, 0.15) is 11.6 Å². The number of hydrogen-bond acceptors (Lipinski definition) is 7. The summed E-state index contributed by atoms with van der Waals surface area (Å²) in [6, 6.07) is 3.75. The van der Waals surface area contributed by atoms with E-state index in [4.69, 9.17) is 14.2 Å². The molecule has 13 heteroatoms. The second-order valence-corrected chi connectivity index (χ2v) is 11.6. The van der Waals surface area contributed by atoms with Crippen LogP contribution in [0.15, 0.2) is 30.5 Å². The molecule has 238 valence electrons. The molecule has 3 aliphatic rings. The molecule has 9 nitrogen and oxygen atoms in total. The largest absolute Gasteiger partial charge is 0.496 e. The number of carbonyl (C=O) groups is 3. The number of rotatable bonds is 9. The summed E-state index contributed by atoms with van der Waals surface area (Å²) in [5.74, 6) is -2.94. The van der Waals surface area contributed by atoms with Crippen LogP contribution in [-0.4, -0.2) is 48.6 Å².